The summed E-state index contributed by atoms with van der Waals surface area (Å²) in [7, 11) is 0. The normalized spacial score (nSPS) is 53.4. The number of hydrogen-bond donors (Lipinski definition) is 0. The van der Waals surface area contributed by atoms with Gasteiger partial charge in [-0.1, -0.05) is 55.4 Å². The smallest absolute Gasteiger partial charge is 0.0318 e. The lowest BCUT2D eigenvalue weighted by Crippen LogP contribution is -2.36. The van der Waals surface area contributed by atoms with Crippen molar-refractivity contribution >= 4 is 0 Å². The Hall–Kier alpha value is 0. The zero-order valence-electron chi connectivity index (χ0n) is 28.7. The van der Waals surface area contributed by atoms with Gasteiger partial charge < -0.3 is 0 Å². The van der Waals surface area contributed by atoms with Crippen LogP contribution in [0, 0.1) is 75.4 Å². The van der Waals surface area contributed by atoms with Gasteiger partial charge in [0.15, 0.2) is 0 Å². The molecule has 0 aliphatic heterocycles. The maximum absolute atomic E-state index is 2.52. The van der Waals surface area contributed by atoms with Crippen LogP contribution in [-0.2, 0) is 0 Å². The van der Waals surface area contributed by atoms with Crippen molar-refractivity contribution in [3.8, 4) is 0 Å². The highest BCUT2D eigenvalue weighted by atomic mass is 14.5. The summed E-state index contributed by atoms with van der Waals surface area (Å²) in [4.78, 5) is 0. The van der Waals surface area contributed by atoms with Gasteiger partial charge in [0.2, 0.25) is 0 Å². The molecule has 0 aromatic heterocycles. The minimum Gasteiger partial charge on any atom is -0.0625 e. The molecular formula is C40H72. The molecule has 0 N–H and O–H groups in total. The molecule has 0 spiro atoms. The molecule has 8 aliphatic rings. The van der Waals surface area contributed by atoms with Crippen LogP contribution in [0.2, 0.25) is 0 Å². The van der Waals surface area contributed by atoms with Crippen LogP contribution < -0.4 is 0 Å². The first-order valence-electron chi connectivity index (χ1n) is 18.8. The molecule has 7 atom stereocenters. The van der Waals surface area contributed by atoms with Gasteiger partial charge in [0, 0.05) is 0 Å². The predicted molar refractivity (Wildman–Crippen MR) is 175 cm³/mol. The van der Waals surface area contributed by atoms with Gasteiger partial charge in [0.05, 0.1) is 0 Å². The lowest BCUT2D eigenvalue weighted by molar-refractivity contribution is 0.0331. The van der Waals surface area contributed by atoms with Crippen molar-refractivity contribution < 1.29 is 0 Å². The van der Waals surface area contributed by atoms with Gasteiger partial charge in [-0.3, -0.25) is 0 Å². The molecule has 0 aromatic carbocycles. The quantitative estimate of drug-likeness (QED) is 0.280. The van der Waals surface area contributed by atoms with E-state index in [9.17, 15) is 0 Å². The average molecular weight is 553 g/mol. The van der Waals surface area contributed by atoms with Crippen LogP contribution in [0.3, 0.4) is 0 Å². The summed E-state index contributed by atoms with van der Waals surface area (Å²) in [5.74, 6) is 10.5. The van der Waals surface area contributed by atoms with Crippen molar-refractivity contribution in [2.24, 2.45) is 75.4 Å². The van der Waals surface area contributed by atoms with Gasteiger partial charge in [-0.2, -0.15) is 0 Å². The third-order valence-corrected chi connectivity index (χ3v) is 14.5. The summed E-state index contributed by atoms with van der Waals surface area (Å²) >= 11 is 0. The topological polar surface area (TPSA) is 0 Å². The Bertz CT molecular complexity index is 739. The van der Waals surface area contributed by atoms with Gasteiger partial charge >= 0.3 is 0 Å². The Balaban J connectivity index is 0.000000109. The lowest BCUT2D eigenvalue weighted by Gasteiger charge is -2.48. The fraction of sp³-hybridized carbons (Fsp3) is 1.00. The van der Waals surface area contributed by atoms with Crippen LogP contribution in [-0.4, -0.2) is 0 Å². The lowest BCUT2D eigenvalue weighted by atomic mass is 9.58. The molecule has 8 rings (SSSR count). The molecular weight excluding hydrogens is 480 g/mol. The summed E-state index contributed by atoms with van der Waals surface area (Å²) in [6.45, 7) is 19.7. The zero-order valence-corrected chi connectivity index (χ0v) is 28.7. The Kier molecular flexibility index (Phi) is 9.86. The molecule has 8 fully saturated rings. The Morgan fingerprint density at radius 2 is 0.850 bits per heavy atom. The number of fused-ring (bicyclic) bond motifs is 8. The summed E-state index contributed by atoms with van der Waals surface area (Å²) in [5.41, 5.74) is 2.34. The monoisotopic (exact) mass is 553 g/mol. The number of hydrogen-bond acceptors (Lipinski definition) is 0. The SMILES string of the molecule is CC12CCC(CC1)C2.CC12CCC(CC1)C2.CC1CC2CC(C)CC(C)(C1)C2.CC1CC2CC(C)[C@H](C)C(C1)C2. The maximum Gasteiger partial charge on any atom is -0.0318 e. The van der Waals surface area contributed by atoms with E-state index in [1.807, 2.05) is 0 Å². The minimum absolute atomic E-state index is 0.722. The van der Waals surface area contributed by atoms with Crippen LogP contribution in [0.1, 0.15) is 177 Å². The molecule has 0 heterocycles. The van der Waals surface area contributed by atoms with Crippen LogP contribution in [0.5, 0.6) is 0 Å². The highest BCUT2D eigenvalue weighted by molar-refractivity contribution is 4.94. The molecule has 0 radical (unpaired) electrons. The third-order valence-electron chi connectivity index (χ3n) is 14.5. The first kappa shape index (κ1) is 31.4. The third kappa shape index (κ3) is 7.93. The first-order valence-corrected chi connectivity index (χ1v) is 18.8. The van der Waals surface area contributed by atoms with E-state index in [0.29, 0.717) is 0 Å². The Labute approximate surface area is 252 Å². The molecule has 8 aliphatic carbocycles. The van der Waals surface area contributed by atoms with Gasteiger partial charge in [-0.25, -0.2) is 0 Å². The highest BCUT2D eigenvalue weighted by Crippen LogP contribution is 2.55. The van der Waals surface area contributed by atoms with E-state index in [4.69, 9.17) is 0 Å². The van der Waals surface area contributed by atoms with Crippen LogP contribution in [0.4, 0.5) is 0 Å². The van der Waals surface area contributed by atoms with Gasteiger partial charge in [0.1, 0.15) is 0 Å². The van der Waals surface area contributed by atoms with Crippen molar-refractivity contribution in [1.82, 2.24) is 0 Å². The fourth-order valence-corrected chi connectivity index (χ4v) is 12.8. The fourth-order valence-electron chi connectivity index (χ4n) is 12.8. The van der Waals surface area contributed by atoms with E-state index < -0.39 is 0 Å². The van der Waals surface area contributed by atoms with Gasteiger partial charge in [-0.05, 0) is 197 Å². The second-order valence-corrected chi connectivity index (χ2v) is 19.4. The van der Waals surface area contributed by atoms with Crippen molar-refractivity contribution in [1.29, 1.82) is 0 Å². The second kappa shape index (κ2) is 12.5. The number of rotatable bonds is 0. The molecule has 8 bridgehead atoms. The Morgan fingerprint density at radius 1 is 0.400 bits per heavy atom. The molecule has 40 heavy (non-hydrogen) atoms. The summed E-state index contributed by atoms with van der Waals surface area (Å²) in [5, 5.41) is 0. The van der Waals surface area contributed by atoms with E-state index in [0.717, 1.165) is 75.4 Å². The van der Waals surface area contributed by atoms with Crippen molar-refractivity contribution in [3.05, 3.63) is 0 Å². The molecule has 0 heteroatoms. The van der Waals surface area contributed by atoms with E-state index in [2.05, 4.69) is 55.4 Å². The summed E-state index contributed by atoms with van der Waals surface area (Å²) < 4.78 is 0. The molecule has 8 saturated carbocycles. The standard InChI is InChI=1S/2C12H22.2C8H14/c1-9-4-11-5-10(2)7-12(3,6-9)8-11;1-8-4-11-6-9(2)10(3)12(5-8)7-11;2*1-8-4-2-7(6-8)3-5-8/h9-11H,4-8H2,1-3H3;8-12H,4-7H2,1-3H3;2*7H,2-6H2,1H3/t;8?,9?,10-,11?,12?;;/m.0../s1. The predicted octanol–water partition coefficient (Wildman–Crippen LogP) is 12.7. The molecule has 0 amide bonds. The molecule has 0 aromatic rings. The highest BCUT2D eigenvalue weighted by Gasteiger charge is 2.42. The van der Waals surface area contributed by atoms with Crippen molar-refractivity contribution in [2.75, 3.05) is 0 Å². The first-order chi connectivity index (χ1) is 18.8. The van der Waals surface area contributed by atoms with Gasteiger partial charge in [-0.15, -0.1) is 0 Å². The van der Waals surface area contributed by atoms with Crippen LogP contribution >= 0.6 is 0 Å². The zero-order chi connectivity index (χ0) is 28.7. The van der Waals surface area contributed by atoms with E-state index >= 15 is 0 Å². The van der Waals surface area contributed by atoms with E-state index in [-0.39, 0.29) is 0 Å². The van der Waals surface area contributed by atoms with Crippen LogP contribution in [0.15, 0.2) is 0 Å². The molecule has 0 saturated heterocycles. The second-order valence-electron chi connectivity index (χ2n) is 19.4. The average Bonchev–Trinajstić information content (AvgIpc) is 3.62. The van der Waals surface area contributed by atoms with Crippen molar-refractivity contribution in [2.45, 2.75) is 177 Å². The Morgan fingerprint density at radius 3 is 1.23 bits per heavy atom. The molecule has 0 nitrogen and oxygen atoms in total. The molecule has 6 unspecified atom stereocenters. The minimum atomic E-state index is 0.722. The maximum atomic E-state index is 2.52. The van der Waals surface area contributed by atoms with Crippen molar-refractivity contribution in [3.63, 3.8) is 0 Å². The molecule has 232 valence electrons. The van der Waals surface area contributed by atoms with E-state index in [1.165, 1.54) is 103 Å². The van der Waals surface area contributed by atoms with Crippen LogP contribution in [0.25, 0.3) is 0 Å². The summed E-state index contributed by atoms with van der Waals surface area (Å²) in [6.07, 6.45) is 29.0. The van der Waals surface area contributed by atoms with Gasteiger partial charge in [0.25, 0.3) is 0 Å². The van der Waals surface area contributed by atoms with E-state index in [1.54, 1.807) is 19.3 Å². The largest absolute Gasteiger partial charge is 0.0625 e. The summed E-state index contributed by atoms with van der Waals surface area (Å²) in [6, 6.07) is 0.